The third-order valence-electron chi connectivity index (χ3n) is 5.41. The van der Waals surface area contributed by atoms with Gasteiger partial charge < -0.3 is 10.1 Å². The van der Waals surface area contributed by atoms with Crippen LogP contribution in [0.3, 0.4) is 0 Å². The summed E-state index contributed by atoms with van der Waals surface area (Å²) < 4.78 is 6.55. The molecule has 3 saturated carbocycles. The molecule has 3 aliphatic rings. The van der Waals surface area contributed by atoms with Gasteiger partial charge in [0.05, 0.1) is 12.2 Å². The minimum absolute atomic E-state index is 0.182. The molecule has 0 aromatic heterocycles. The maximum atomic E-state index is 6.55. The molecule has 0 spiro atoms. The van der Waals surface area contributed by atoms with E-state index in [0.717, 1.165) is 25.1 Å². The van der Waals surface area contributed by atoms with Gasteiger partial charge in [-0.1, -0.05) is 38.5 Å². The lowest BCUT2D eigenvalue weighted by atomic mass is 9.93. The average molecular weight is 265 g/mol. The Balaban J connectivity index is 1.52. The Morgan fingerprint density at radius 1 is 0.842 bits per heavy atom. The summed E-state index contributed by atoms with van der Waals surface area (Å²) in [5.74, 6) is 0.862. The molecule has 0 aromatic rings. The van der Waals surface area contributed by atoms with Gasteiger partial charge >= 0.3 is 0 Å². The van der Waals surface area contributed by atoms with Gasteiger partial charge in [0.1, 0.15) is 0 Å². The first-order chi connectivity index (χ1) is 9.36. The van der Waals surface area contributed by atoms with Gasteiger partial charge in [-0.2, -0.15) is 0 Å². The largest absolute Gasteiger partial charge is 0.373 e. The van der Waals surface area contributed by atoms with Crippen molar-refractivity contribution in [1.29, 1.82) is 0 Å². The minimum Gasteiger partial charge on any atom is -0.373 e. The lowest BCUT2D eigenvalue weighted by Gasteiger charge is -2.34. The highest BCUT2D eigenvalue weighted by molar-refractivity contribution is 4.90. The number of hydrogen-bond donors (Lipinski definition) is 1. The summed E-state index contributed by atoms with van der Waals surface area (Å²) in [6.07, 6.45) is 16.6. The van der Waals surface area contributed by atoms with Crippen LogP contribution in [0, 0.1) is 5.92 Å². The second-order valence-corrected chi connectivity index (χ2v) is 7.21. The highest BCUT2D eigenvalue weighted by Crippen LogP contribution is 2.34. The molecule has 0 atom stereocenters. The lowest BCUT2D eigenvalue weighted by molar-refractivity contribution is -0.0688. The van der Waals surface area contributed by atoms with Crippen molar-refractivity contribution in [3.05, 3.63) is 0 Å². The monoisotopic (exact) mass is 265 g/mol. The van der Waals surface area contributed by atoms with E-state index >= 15 is 0 Å². The first kappa shape index (κ1) is 13.9. The van der Waals surface area contributed by atoms with Crippen LogP contribution in [0.25, 0.3) is 0 Å². The molecule has 19 heavy (non-hydrogen) atoms. The van der Waals surface area contributed by atoms with Crippen molar-refractivity contribution in [3.63, 3.8) is 0 Å². The predicted molar refractivity (Wildman–Crippen MR) is 79.4 cm³/mol. The first-order valence-electron chi connectivity index (χ1n) is 8.74. The Morgan fingerprint density at radius 3 is 2.16 bits per heavy atom. The van der Waals surface area contributed by atoms with Gasteiger partial charge in [-0.15, -0.1) is 0 Å². The summed E-state index contributed by atoms with van der Waals surface area (Å²) >= 11 is 0. The van der Waals surface area contributed by atoms with E-state index in [2.05, 4.69) is 5.32 Å². The molecule has 0 radical (unpaired) electrons. The van der Waals surface area contributed by atoms with E-state index in [1.807, 2.05) is 0 Å². The SMILES string of the molecule is C1CCCC(CNC2CC2)(OCC2CCCC2)CC1. The zero-order valence-electron chi connectivity index (χ0n) is 12.5. The fourth-order valence-electron chi connectivity index (χ4n) is 3.83. The van der Waals surface area contributed by atoms with E-state index in [-0.39, 0.29) is 5.60 Å². The van der Waals surface area contributed by atoms with Crippen LogP contribution >= 0.6 is 0 Å². The molecule has 0 aliphatic heterocycles. The Hall–Kier alpha value is -0.0800. The lowest BCUT2D eigenvalue weighted by Crippen LogP contribution is -2.44. The average Bonchev–Trinajstić information content (AvgIpc) is 3.17. The molecule has 3 aliphatic carbocycles. The highest BCUT2D eigenvalue weighted by atomic mass is 16.5. The molecule has 3 fully saturated rings. The van der Waals surface area contributed by atoms with Gasteiger partial charge in [0, 0.05) is 12.6 Å². The summed E-state index contributed by atoms with van der Waals surface area (Å²) in [4.78, 5) is 0. The molecule has 2 heteroatoms. The molecule has 1 N–H and O–H groups in total. The molecule has 0 unspecified atom stereocenters. The van der Waals surface area contributed by atoms with Crippen LogP contribution in [0.15, 0.2) is 0 Å². The van der Waals surface area contributed by atoms with Crippen LogP contribution in [0.2, 0.25) is 0 Å². The Labute approximate surface area is 118 Å². The zero-order valence-corrected chi connectivity index (χ0v) is 12.5. The van der Waals surface area contributed by atoms with Crippen LogP contribution in [0.5, 0.6) is 0 Å². The molecule has 0 amide bonds. The standard InChI is InChI=1S/C17H31NO/c1-2-6-12-17(11-5-1,14-18-16-9-10-16)19-13-15-7-3-4-8-15/h15-16,18H,1-14H2. The molecule has 0 bridgehead atoms. The summed E-state index contributed by atoms with van der Waals surface area (Å²) in [6.45, 7) is 2.15. The maximum absolute atomic E-state index is 6.55. The molecular weight excluding hydrogens is 234 g/mol. The highest BCUT2D eigenvalue weighted by Gasteiger charge is 2.34. The molecule has 0 heterocycles. The van der Waals surface area contributed by atoms with Crippen molar-refractivity contribution < 1.29 is 4.74 Å². The van der Waals surface area contributed by atoms with Gasteiger partial charge in [-0.3, -0.25) is 0 Å². The van der Waals surface area contributed by atoms with Crippen molar-refractivity contribution in [1.82, 2.24) is 5.32 Å². The van der Waals surface area contributed by atoms with E-state index in [1.165, 1.54) is 77.0 Å². The fourth-order valence-corrected chi connectivity index (χ4v) is 3.83. The van der Waals surface area contributed by atoms with Crippen LogP contribution in [-0.2, 0) is 4.74 Å². The van der Waals surface area contributed by atoms with Crippen LogP contribution in [0.1, 0.15) is 77.0 Å². The molecule has 110 valence electrons. The van der Waals surface area contributed by atoms with Crippen molar-refractivity contribution in [2.45, 2.75) is 88.7 Å². The number of ether oxygens (including phenoxy) is 1. The normalized spacial score (nSPS) is 28.4. The van der Waals surface area contributed by atoms with Gasteiger partial charge in [-0.25, -0.2) is 0 Å². The van der Waals surface area contributed by atoms with Crippen molar-refractivity contribution in [3.8, 4) is 0 Å². The Morgan fingerprint density at radius 2 is 1.53 bits per heavy atom. The van der Waals surface area contributed by atoms with Gasteiger partial charge in [0.15, 0.2) is 0 Å². The summed E-state index contributed by atoms with van der Waals surface area (Å²) in [7, 11) is 0. The van der Waals surface area contributed by atoms with Gasteiger partial charge in [0.25, 0.3) is 0 Å². The van der Waals surface area contributed by atoms with E-state index in [9.17, 15) is 0 Å². The van der Waals surface area contributed by atoms with Gasteiger partial charge in [-0.05, 0) is 44.4 Å². The topological polar surface area (TPSA) is 21.3 Å². The van der Waals surface area contributed by atoms with Crippen LogP contribution < -0.4 is 5.32 Å². The van der Waals surface area contributed by atoms with E-state index in [1.54, 1.807) is 0 Å². The molecule has 0 aromatic carbocycles. The quantitative estimate of drug-likeness (QED) is 0.732. The van der Waals surface area contributed by atoms with Crippen LogP contribution in [0.4, 0.5) is 0 Å². The third kappa shape index (κ3) is 4.19. The number of hydrogen-bond acceptors (Lipinski definition) is 2. The van der Waals surface area contributed by atoms with Gasteiger partial charge in [0.2, 0.25) is 0 Å². The Kier molecular flexibility index (Phi) is 4.81. The molecule has 3 rings (SSSR count). The minimum atomic E-state index is 0.182. The summed E-state index contributed by atoms with van der Waals surface area (Å²) in [6, 6.07) is 0.815. The van der Waals surface area contributed by atoms with Crippen molar-refractivity contribution in [2.24, 2.45) is 5.92 Å². The first-order valence-corrected chi connectivity index (χ1v) is 8.74. The number of nitrogens with one attached hydrogen (secondary N) is 1. The molecule has 2 nitrogen and oxygen atoms in total. The van der Waals surface area contributed by atoms with Crippen molar-refractivity contribution >= 4 is 0 Å². The van der Waals surface area contributed by atoms with Crippen LogP contribution in [-0.4, -0.2) is 24.8 Å². The van der Waals surface area contributed by atoms with E-state index in [0.29, 0.717) is 0 Å². The summed E-state index contributed by atoms with van der Waals surface area (Å²) in [5, 5.41) is 3.75. The summed E-state index contributed by atoms with van der Waals surface area (Å²) in [5.41, 5.74) is 0.182. The van der Waals surface area contributed by atoms with E-state index in [4.69, 9.17) is 4.74 Å². The molecular formula is C17H31NO. The second-order valence-electron chi connectivity index (χ2n) is 7.21. The molecule has 0 saturated heterocycles. The smallest absolute Gasteiger partial charge is 0.0806 e. The third-order valence-corrected chi connectivity index (χ3v) is 5.41. The Bertz CT molecular complexity index is 260. The second kappa shape index (κ2) is 6.58. The zero-order chi connectivity index (χ0) is 13.0. The predicted octanol–water partition coefficient (Wildman–Crippen LogP) is 4.04. The van der Waals surface area contributed by atoms with E-state index < -0.39 is 0 Å². The maximum Gasteiger partial charge on any atom is 0.0806 e. The fraction of sp³-hybridized carbons (Fsp3) is 1.00. The number of rotatable bonds is 6. The van der Waals surface area contributed by atoms with Crippen molar-refractivity contribution in [2.75, 3.05) is 13.2 Å².